The van der Waals surface area contributed by atoms with Crippen LogP contribution in [0.15, 0.2) is 48.8 Å². The molecule has 2 aromatic rings. The highest BCUT2D eigenvalue weighted by molar-refractivity contribution is 5.27. The van der Waals surface area contributed by atoms with Gasteiger partial charge < -0.3 is 14.9 Å². The summed E-state index contributed by atoms with van der Waals surface area (Å²) in [4.78, 5) is 3.91. The van der Waals surface area contributed by atoms with Gasteiger partial charge in [-0.3, -0.25) is 4.98 Å². The lowest BCUT2D eigenvalue weighted by Crippen LogP contribution is -2.09. The lowest BCUT2D eigenvalue weighted by molar-refractivity contribution is 0.108. The van der Waals surface area contributed by atoms with Crippen molar-refractivity contribution >= 4 is 0 Å². The van der Waals surface area contributed by atoms with Gasteiger partial charge in [-0.05, 0) is 29.8 Å². The van der Waals surface area contributed by atoms with E-state index in [0.29, 0.717) is 11.3 Å². The number of rotatable bonds is 4. The number of hydrogen-bond acceptors (Lipinski definition) is 4. The van der Waals surface area contributed by atoms with Gasteiger partial charge >= 0.3 is 0 Å². The minimum atomic E-state index is -0.726. The monoisotopic (exact) mass is 231 g/mol. The first kappa shape index (κ1) is 11.4. The molecule has 2 rings (SSSR count). The molecule has 0 fully saturated rings. The third-order valence-electron chi connectivity index (χ3n) is 2.32. The molecule has 0 aliphatic rings. The summed E-state index contributed by atoms with van der Waals surface area (Å²) >= 11 is 0. The molecule has 0 aliphatic carbocycles. The number of ether oxygens (including phenoxy) is 1. The minimum Gasteiger partial charge on any atom is -0.508 e. The molecule has 0 bridgehead atoms. The van der Waals surface area contributed by atoms with Crippen molar-refractivity contribution in [3.05, 3.63) is 54.4 Å². The predicted octanol–water partition coefficient (Wildman–Crippen LogP) is 1.90. The fraction of sp³-hybridized carbons (Fsp3) is 0.154. The van der Waals surface area contributed by atoms with Gasteiger partial charge in [0.15, 0.2) is 0 Å². The van der Waals surface area contributed by atoms with Crippen LogP contribution in [0.3, 0.4) is 0 Å². The van der Waals surface area contributed by atoms with Crippen LogP contribution in [0.5, 0.6) is 11.5 Å². The van der Waals surface area contributed by atoms with E-state index in [1.165, 1.54) is 12.1 Å². The van der Waals surface area contributed by atoms with Crippen molar-refractivity contribution in [1.82, 2.24) is 4.98 Å². The lowest BCUT2D eigenvalue weighted by atomic mass is 10.1. The van der Waals surface area contributed by atoms with E-state index < -0.39 is 6.10 Å². The summed E-state index contributed by atoms with van der Waals surface area (Å²) in [5.74, 6) is 0.791. The topological polar surface area (TPSA) is 62.6 Å². The molecule has 0 spiro atoms. The zero-order chi connectivity index (χ0) is 12.1. The van der Waals surface area contributed by atoms with Gasteiger partial charge in [-0.1, -0.05) is 12.1 Å². The second kappa shape index (κ2) is 5.32. The molecule has 1 aromatic carbocycles. The molecule has 0 aliphatic heterocycles. The average Bonchev–Trinajstić information content (AvgIpc) is 2.38. The zero-order valence-electron chi connectivity index (χ0n) is 9.15. The molecule has 0 radical (unpaired) electrons. The summed E-state index contributed by atoms with van der Waals surface area (Å²) in [6, 6.07) is 9.92. The number of aromatic nitrogens is 1. The number of phenols is 1. The number of pyridine rings is 1. The number of aromatic hydroxyl groups is 1. The highest BCUT2D eigenvalue weighted by Gasteiger charge is 2.08. The lowest BCUT2D eigenvalue weighted by Gasteiger charge is -2.12. The Morgan fingerprint density at radius 2 is 1.94 bits per heavy atom. The Morgan fingerprint density at radius 3 is 2.59 bits per heavy atom. The van der Waals surface area contributed by atoms with E-state index in [2.05, 4.69) is 4.98 Å². The number of benzene rings is 1. The smallest absolute Gasteiger partial charge is 0.137 e. The standard InChI is InChI=1S/C13H13NO3/c15-11-5-3-10(4-6-11)13(16)9-17-12-2-1-7-14-8-12/h1-8,13,15-16H,9H2. The van der Waals surface area contributed by atoms with Gasteiger partial charge in [0.25, 0.3) is 0 Å². The van der Waals surface area contributed by atoms with Crippen LogP contribution in [-0.2, 0) is 0 Å². The largest absolute Gasteiger partial charge is 0.508 e. The SMILES string of the molecule is Oc1ccc(C(O)COc2cccnc2)cc1. The van der Waals surface area contributed by atoms with Crippen LogP contribution in [0.4, 0.5) is 0 Å². The van der Waals surface area contributed by atoms with E-state index in [4.69, 9.17) is 9.84 Å². The first-order valence-electron chi connectivity index (χ1n) is 5.25. The van der Waals surface area contributed by atoms with Crippen LogP contribution in [-0.4, -0.2) is 21.8 Å². The van der Waals surface area contributed by atoms with Crippen molar-refractivity contribution in [1.29, 1.82) is 0 Å². The van der Waals surface area contributed by atoms with Gasteiger partial charge in [-0.25, -0.2) is 0 Å². The van der Waals surface area contributed by atoms with Crippen LogP contribution in [0.2, 0.25) is 0 Å². The summed E-state index contributed by atoms with van der Waals surface area (Å²) in [7, 11) is 0. The van der Waals surface area contributed by atoms with Crippen LogP contribution < -0.4 is 4.74 Å². The second-order valence-corrected chi connectivity index (χ2v) is 3.61. The fourth-order valence-electron chi connectivity index (χ4n) is 1.40. The van der Waals surface area contributed by atoms with Gasteiger partial charge in [0.1, 0.15) is 24.2 Å². The van der Waals surface area contributed by atoms with Crippen LogP contribution in [0.25, 0.3) is 0 Å². The molecular weight excluding hydrogens is 218 g/mol. The Balaban J connectivity index is 1.93. The van der Waals surface area contributed by atoms with Crippen molar-refractivity contribution in [2.45, 2.75) is 6.10 Å². The van der Waals surface area contributed by atoms with Crippen LogP contribution >= 0.6 is 0 Å². The summed E-state index contributed by atoms with van der Waals surface area (Å²) in [5.41, 5.74) is 0.701. The molecule has 4 nitrogen and oxygen atoms in total. The van der Waals surface area contributed by atoms with E-state index in [-0.39, 0.29) is 12.4 Å². The highest BCUT2D eigenvalue weighted by Crippen LogP contribution is 2.18. The van der Waals surface area contributed by atoms with E-state index in [1.807, 2.05) is 0 Å². The molecule has 2 N–H and O–H groups in total. The first-order chi connectivity index (χ1) is 8.25. The van der Waals surface area contributed by atoms with Crippen molar-refractivity contribution in [3.8, 4) is 11.5 Å². The molecule has 0 saturated heterocycles. The number of phenolic OH excluding ortho intramolecular Hbond substituents is 1. The van der Waals surface area contributed by atoms with Crippen molar-refractivity contribution < 1.29 is 14.9 Å². The third-order valence-corrected chi connectivity index (χ3v) is 2.32. The van der Waals surface area contributed by atoms with E-state index >= 15 is 0 Å². The first-order valence-corrected chi connectivity index (χ1v) is 5.25. The highest BCUT2D eigenvalue weighted by atomic mass is 16.5. The number of nitrogens with zero attached hydrogens (tertiary/aromatic N) is 1. The number of aliphatic hydroxyl groups is 1. The van der Waals surface area contributed by atoms with Gasteiger partial charge in [0.05, 0.1) is 6.20 Å². The Hall–Kier alpha value is -2.07. The summed E-state index contributed by atoms with van der Waals surface area (Å²) in [6.07, 6.45) is 2.52. The molecule has 0 amide bonds. The summed E-state index contributed by atoms with van der Waals surface area (Å²) < 4.78 is 5.38. The molecular formula is C13H13NO3. The zero-order valence-corrected chi connectivity index (χ0v) is 9.15. The van der Waals surface area contributed by atoms with Crippen molar-refractivity contribution in [2.75, 3.05) is 6.61 Å². The quantitative estimate of drug-likeness (QED) is 0.843. The molecule has 88 valence electrons. The van der Waals surface area contributed by atoms with Gasteiger partial charge in [-0.15, -0.1) is 0 Å². The molecule has 1 heterocycles. The van der Waals surface area contributed by atoms with Gasteiger partial charge in [-0.2, -0.15) is 0 Å². The molecule has 4 heteroatoms. The average molecular weight is 231 g/mol. The van der Waals surface area contributed by atoms with Crippen LogP contribution in [0.1, 0.15) is 11.7 Å². The maximum atomic E-state index is 9.85. The Kier molecular flexibility index (Phi) is 3.57. The normalized spacial score (nSPS) is 12.1. The summed E-state index contributed by atoms with van der Waals surface area (Å²) in [5, 5.41) is 19.0. The number of aliphatic hydroxyl groups excluding tert-OH is 1. The Morgan fingerprint density at radius 1 is 1.18 bits per heavy atom. The van der Waals surface area contributed by atoms with Crippen LogP contribution in [0, 0.1) is 0 Å². The Labute approximate surface area is 99.1 Å². The maximum Gasteiger partial charge on any atom is 0.137 e. The van der Waals surface area contributed by atoms with Gasteiger partial charge in [0, 0.05) is 6.20 Å². The second-order valence-electron chi connectivity index (χ2n) is 3.61. The molecule has 1 aromatic heterocycles. The fourth-order valence-corrected chi connectivity index (χ4v) is 1.40. The molecule has 17 heavy (non-hydrogen) atoms. The maximum absolute atomic E-state index is 9.85. The third kappa shape index (κ3) is 3.19. The Bertz CT molecular complexity index is 456. The summed E-state index contributed by atoms with van der Waals surface area (Å²) in [6.45, 7) is 0.149. The predicted molar refractivity (Wildman–Crippen MR) is 62.8 cm³/mol. The molecule has 0 saturated carbocycles. The van der Waals surface area contributed by atoms with E-state index in [1.54, 1.807) is 36.7 Å². The minimum absolute atomic E-state index is 0.149. The molecule has 1 atom stereocenters. The van der Waals surface area contributed by atoms with Gasteiger partial charge in [0.2, 0.25) is 0 Å². The van der Waals surface area contributed by atoms with E-state index in [9.17, 15) is 5.11 Å². The number of hydrogen-bond donors (Lipinski definition) is 2. The van der Waals surface area contributed by atoms with Crippen molar-refractivity contribution in [3.63, 3.8) is 0 Å². The molecule has 1 unspecified atom stereocenters. The van der Waals surface area contributed by atoms with E-state index in [0.717, 1.165) is 0 Å². The van der Waals surface area contributed by atoms with Crippen molar-refractivity contribution in [2.24, 2.45) is 0 Å².